The van der Waals surface area contributed by atoms with Gasteiger partial charge in [0.1, 0.15) is 0 Å². The largest absolute Gasteiger partial charge is 0.384 e. The van der Waals surface area contributed by atoms with Gasteiger partial charge in [-0.1, -0.05) is 12.1 Å². The molecule has 0 saturated heterocycles. The van der Waals surface area contributed by atoms with Crippen molar-refractivity contribution in [2.45, 2.75) is 34.1 Å². The van der Waals surface area contributed by atoms with Crippen molar-refractivity contribution in [3.05, 3.63) is 34.8 Å². The smallest absolute Gasteiger partial charge is 0.261 e. The lowest BCUT2D eigenvalue weighted by Gasteiger charge is -2.11. The summed E-state index contributed by atoms with van der Waals surface area (Å²) >= 11 is 0. The number of hydrogen-bond acceptors (Lipinski definition) is 5. The van der Waals surface area contributed by atoms with E-state index in [0.29, 0.717) is 11.4 Å². The van der Waals surface area contributed by atoms with Crippen molar-refractivity contribution in [3.63, 3.8) is 0 Å². The normalized spacial score (nSPS) is 10.5. The quantitative estimate of drug-likeness (QED) is 0.883. The van der Waals surface area contributed by atoms with Crippen molar-refractivity contribution in [2.75, 3.05) is 17.2 Å². The number of carbonyl (C=O) groups excluding carboxylic acids is 1. The Morgan fingerprint density at radius 3 is 2.71 bits per heavy atom. The average molecular weight is 288 g/mol. The number of anilines is 2. The minimum absolute atomic E-state index is 0.264. The summed E-state index contributed by atoms with van der Waals surface area (Å²) in [5.74, 6) is 0.111. The molecule has 0 saturated carbocycles. The second-order valence-electron chi connectivity index (χ2n) is 4.97. The summed E-state index contributed by atoms with van der Waals surface area (Å²) in [6.45, 7) is 8.44. The Morgan fingerprint density at radius 2 is 2.10 bits per heavy atom. The summed E-state index contributed by atoms with van der Waals surface area (Å²) in [6, 6.07) is 1.86. The maximum absolute atomic E-state index is 12.4. The van der Waals surface area contributed by atoms with Gasteiger partial charge < -0.3 is 9.84 Å². The zero-order valence-electron chi connectivity index (χ0n) is 12.8. The first-order valence-electron chi connectivity index (χ1n) is 6.97. The molecule has 2 aromatic heterocycles. The van der Waals surface area contributed by atoms with E-state index in [2.05, 4.69) is 27.7 Å². The predicted octanol–water partition coefficient (Wildman–Crippen LogP) is 3.07. The van der Waals surface area contributed by atoms with Crippen LogP contribution in [0.2, 0.25) is 0 Å². The zero-order chi connectivity index (χ0) is 15.4. The summed E-state index contributed by atoms with van der Waals surface area (Å²) in [5.41, 5.74) is 3.71. The summed E-state index contributed by atoms with van der Waals surface area (Å²) < 4.78 is 5.11. The van der Waals surface area contributed by atoms with Gasteiger partial charge in [-0.05, 0) is 33.3 Å². The second-order valence-corrected chi connectivity index (χ2v) is 4.97. The summed E-state index contributed by atoms with van der Waals surface area (Å²) in [5, 5.41) is 9.81. The number of nitrogens with zero attached hydrogens (tertiary/aromatic N) is 2. The molecule has 0 bridgehead atoms. The van der Waals surface area contributed by atoms with Crippen molar-refractivity contribution in [1.29, 1.82) is 0 Å². The fourth-order valence-electron chi connectivity index (χ4n) is 1.85. The van der Waals surface area contributed by atoms with Crippen LogP contribution in [0.1, 0.15) is 40.7 Å². The molecule has 0 fully saturated rings. The van der Waals surface area contributed by atoms with E-state index in [4.69, 9.17) is 4.52 Å². The minimum atomic E-state index is -0.264. The molecule has 0 atom stereocenters. The standard InChI is InChI=1S/C15H20N4O2/c1-5-6-16-13-7-9(2)17-8-12(13)14(20)18-15-10(3)11(4)19-21-15/h7-8H,5-6H2,1-4H3,(H,16,17)(H,18,20). The van der Waals surface area contributed by atoms with Gasteiger partial charge in [-0.25, -0.2) is 0 Å². The van der Waals surface area contributed by atoms with Crippen LogP contribution in [0.4, 0.5) is 11.6 Å². The first kappa shape index (κ1) is 15.0. The van der Waals surface area contributed by atoms with Gasteiger partial charge in [-0.2, -0.15) is 0 Å². The van der Waals surface area contributed by atoms with E-state index < -0.39 is 0 Å². The van der Waals surface area contributed by atoms with E-state index in [-0.39, 0.29) is 5.91 Å². The third-order valence-electron chi connectivity index (χ3n) is 3.23. The molecule has 1 amide bonds. The predicted molar refractivity (Wildman–Crippen MR) is 81.7 cm³/mol. The lowest BCUT2D eigenvalue weighted by molar-refractivity contribution is 0.102. The summed E-state index contributed by atoms with van der Waals surface area (Å²) in [7, 11) is 0. The number of rotatable bonds is 5. The van der Waals surface area contributed by atoms with Gasteiger partial charge in [0, 0.05) is 24.0 Å². The molecular formula is C15H20N4O2. The van der Waals surface area contributed by atoms with Gasteiger partial charge in [0.15, 0.2) is 0 Å². The Kier molecular flexibility index (Phi) is 4.57. The zero-order valence-corrected chi connectivity index (χ0v) is 12.8. The Hall–Kier alpha value is -2.37. The van der Waals surface area contributed by atoms with Gasteiger partial charge in [0.2, 0.25) is 5.88 Å². The minimum Gasteiger partial charge on any atom is -0.384 e. The third-order valence-corrected chi connectivity index (χ3v) is 3.23. The fourth-order valence-corrected chi connectivity index (χ4v) is 1.85. The van der Waals surface area contributed by atoms with Crippen LogP contribution in [0, 0.1) is 20.8 Å². The van der Waals surface area contributed by atoms with Crippen molar-refractivity contribution >= 4 is 17.5 Å². The second kappa shape index (κ2) is 6.39. The molecule has 0 unspecified atom stereocenters. The molecular weight excluding hydrogens is 268 g/mol. The van der Waals surface area contributed by atoms with E-state index in [1.807, 2.05) is 26.8 Å². The maximum atomic E-state index is 12.4. The molecule has 112 valence electrons. The van der Waals surface area contributed by atoms with E-state index in [9.17, 15) is 4.79 Å². The average Bonchev–Trinajstić information content (AvgIpc) is 2.77. The van der Waals surface area contributed by atoms with Gasteiger partial charge in [-0.3, -0.25) is 15.1 Å². The first-order chi connectivity index (χ1) is 10.0. The molecule has 0 aliphatic rings. The molecule has 0 aliphatic carbocycles. The molecule has 6 heteroatoms. The third kappa shape index (κ3) is 3.39. The number of amides is 1. The topological polar surface area (TPSA) is 80.0 Å². The molecule has 0 aromatic carbocycles. The lowest BCUT2D eigenvalue weighted by Crippen LogP contribution is -2.16. The van der Waals surface area contributed by atoms with Crippen LogP contribution < -0.4 is 10.6 Å². The van der Waals surface area contributed by atoms with Crippen LogP contribution in [-0.2, 0) is 0 Å². The highest BCUT2D eigenvalue weighted by molar-refractivity contribution is 6.07. The molecule has 2 aromatic rings. The monoisotopic (exact) mass is 288 g/mol. The Labute approximate surface area is 123 Å². The SMILES string of the molecule is CCCNc1cc(C)ncc1C(=O)Nc1onc(C)c1C. The number of hydrogen-bond donors (Lipinski definition) is 2. The Balaban J connectivity index is 2.24. The van der Waals surface area contributed by atoms with Crippen molar-refractivity contribution in [1.82, 2.24) is 10.1 Å². The van der Waals surface area contributed by atoms with Crippen LogP contribution >= 0.6 is 0 Å². The van der Waals surface area contributed by atoms with Gasteiger partial charge in [0.05, 0.1) is 16.9 Å². The van der Waals surface area contributed by atoms with Crippen molar-refractivity contribution < 1.29 is 9.32 Å². The number of nitrogens with one attached hydrogen (secondary N) is 2. The van der Waals surface area contributed by atoms with Crippen LogP contribution in [0.15, 0.2) is 16.8 Å². The van der Waals surface area contributed by atoms with Gasteiger partial charge in [-0.15, -0.1) is 0 Å². The van der Waals surface area contributed by atoms with Gasteiger partial charge in [0.25, 0.3) is 5.91 Å². The van der Waals surface area contributed by atoms with E-state index in [1.165, 1.54) is 0 Å². The van der Waals surface area contributed by atoms with Crippen molar-refractivity contribution in [3.8, 4) is 0 Å². The lowest BCUT2D eigenvalue weighted by atomic mass is 10.2. The number of aromatic nitrogens is 2. The molecule has 2 heterocycles. The van der Waals surface area contributed by atoms with E-state index >= 15 is 0 Å². The fraction of sp³-hybridized carbons (Fsp3) is 0.400. The van der Waals surface area contributed by atoms with Crippen LogP contribution in [0.5, 0.6) is 0 Å². The Bertz CT molecular complexity index is 649. The van der Waals surface area contributed by atoms with Crippen LogP contribution in [0.25, 0.3) is 0 Å². The van der Waals surface area contributed by atoms with Crippen LogP contribution in [0.3, 0.4) is 0 Å². The van der Waals surface area contributed by atoms with Crippen molar-refractivity contribution in [2.24, 2.45) is 0 Å². The number of pyridine rings is 1. The summed E-state index contributed by atoms with van der Waals surface area (Å²) in [6.07, 6.45) is 2.55. The molecule has 21 heavy (non-hydrogen) atoms. The highest BCUT2D eigenvalue weighted by Crippen LogP contribution is 2.21. The number of carbonyl (C=O) groups is 1. The highest BCUT2D eigenvalue weighted by Gasteiger charge is 2.16. The number of aryl methyl sites for hydroxylation is 2. The molecule has 2 rings (SSSR count). The summed E-state index contributed by atoms with van der Waals surface area (Å²) in [4.78, 5) is 16.6. The Morgan fingerprint density at radius 1 is 1.33 bits per heavy atom. The molecule has 0 spiro atoms. The molecule has 0 aliphatic heterocycles. The molecule has 2 N–H and O–H groups in total. The van der Waals surface area contributed by atoms with Gasteiger partial charge >= 0.3 is 0 Å². The van der Waals surface area contributed by atoms with Crippen LogP contribution in [-0.4, -0.2) is 22.6 Å². The van der Waals surface area contributed by atoms with E-state index in [0.717, 1.165) is 35.6 Å². The first-order valence-corrected chi connectivity index (χ1v) is 6.97. The van der Waals surface area contributed by atoms with E-state index in [1.54, 1.807) is 6.20 Å². The molecule has 0 radical (unpaired) electrons. The highest BCUT2D eigenvalue weighted by atomic mass is 16.5. The maximum Gasteiger partial charge on any atom is 0.261 e. The molecule has 6 nitrogen and oxygen atoms in total.